The van der Waals surface area contributed by atoms with Crippen molar-refractivity contribution in [1.82, 2.24) is 4.90 Å². The number of hydrogen-bond donors (Lipinski definition) is 2. The number of aliphatic hydroxyl groups is 1. The third kappa shape index (κ3) is 4.18. The molecule has 1 saturated heterocycles. The molecular formula is C11H21NO3. The van der Waals surface area contributed by atoms with Gasteiger partial charge < -0.3 is 10.2 Å². The third-order valence-corrected chi connectivity index (χ3v) is 2.94. The zero-order valence-electron chi connectivity index (χ0n) is 9.41. The van der Waals surface area contributed by atoms with Crippen molar-refractivity contribution in [2.45, 2.75) is 44.6 Å². The summed E-state index contributed by atoms with van der Waals surface area (Å²) in [6.07, 6.45) is 5.92. The molecule has 1 unspecified atom stereocenters. The lowest BCUT2D eigenvalue weighted by molar-refractivity contribution is -0.158. The highest BCUT2D eigenvalue weighted by Gasteiger charge is 2.32. The summed E-state index contributed by atoms with van der Waals surface area (Å²) in [5.41, 5.74) is -1.61. The van der Waals surface area contributed by atoms with Gasteiger partial charge in [0, 0.05) is 6.54 Å². The standard InChI is InChI=1S/C11H21NO3/c1-11(15,10(13)14)9-12-7-5-3-2-4-6-8-12/h15H,2-9H2,1H3,(H,13,14). The molecule has 1 atom stereocenters. The number of carboxylic acid groups (broad SMARTS) is 1. The van der Waals surface area contributed by atoms with Crippen LogP contribution in [-0.4, -0.2) is 46.3 Å². The van der Waals surface area contributed by atoms with Crippen LogP contribution in [0.5, 0.6) is 0 Å². The fourth-order valence-electron chi connectivity index (χ4n) is 1.97. The van der Waals surface area contributed by atoms with Gasteiger partial charge in [-0.1, -0.05) is 19.3 Å². The summed E-state index contributed by atoms with van der Waals surface area (Å²) >= 11 is 0. The summed E-state index contributed by atoms with van der Waals surface area (Å²) < 4.78 is 0. The van der Waals surface area contributed by atoms with Crippen LogP contribution in [0.3, 0.4) is 0 Å². The van der Waals surface area contributed by atoms with Crippen LogP contribution in [0.25, 0.3) is 0 Å². The van der Waals surface area contributed by atoms with E-state index in [9.17, 15) is 9.90 Å². The Morgan fingerprint density at radius 2 is 1.67 bits per heavy atom. The van der Waals surface area contributed by atoms with Crippen LogP contribution >= 0.6 is 0 Å². The Labute approximate surface area is 90.9 Å². The van der Waals surface area contributed by atoms with Gasteiger partial charge >= 0.3 is 5.97 Å². The van der Waals surface area contributed by atoms with E-state index >= 15 is 0 Å². The van der Waals surface area contributed by atoms with Gasteiger partial charge in [-0.2, -0.15) is 0 Å². The van der Waals surface area contributed by atoms with Crippen molar-refractivity contribution in [3.05, 3.63) is 0 Å². The second kappa shape index (κ2) is 5.47. The molecule has 0 spiro atoms. The van der Waals surface area contributed by atoms with Crippen molar-refractivity contribution in [1.29, 1.82) is 0 Å². The Hall–Kier alpha value is -0.610. The second-order valence-corrected chi connectivity index (χ2v) is 4.62. The monoisotopic (exact) mass is 215 g/mol. The molecule has 0 aromatic heterocycles. The van der Waals surface area contributed by atoms with E-state index in [1.165, 1.54) is 26.2 Å². The third-order valence-electron chi connectivity index (χ3n) is 2.94. The molecule has 88 valence electrons. The number of carboxylic acids is 1. The number of likely N-dealkylation sites (tertiary alicyclic amines) is 1. The van der Waals surface area contributed by atoms with Crippen molar-refractivity contribution < 1.29 is 15.0 Å². The first-order valence-electron chi connectivity index (χ1n) is 5.70. The van der Waals surface area contributed by atoms with E-state index in [4.69, 9.17) is 5.11 Å². The van der Waals surface area contributed by atoms with Gasteiger partial charge in [-0.05, 0) is 32.9 Å². The van der Waals surface area contributed by atoms with Crippen molar-refractivity contribution in [3.8, 4) is 0 Å². The molecule has 15 heavy (non-hydrogen) atoms. The van der Waals surface area contributed by atoms with Gasteiger partial charge in [0.1, 0.15) is 0 Å². The number of carbonyl (C=O) groups is 1. The molecule has 1 aliphatic rings. The molecule has 1 heterocycles. The molecule has 4 heteroatoms. The second-order valence-electron chi connectivity index (χ2n) is 4.62. The van der Waals surface area contributed by atoms with Gasteiger partial charge in [0.15, 0.2) is 5.60 Å². The fraction of sp³-hybridized carbons (Fsp3) is 0.909. The molecule has 1 aliphatic heterocycles. The van der Waals surface area contributed by atoms with E-state index in [0.717, 1.165) is 25.9 Å². The van der Waals surface area contributed by atoms with E-state index in [2.05, 4.69) is 4.90 Å². The van der Waals surface area contributed by atoms with Crippen LogP contribution in [0.4, 0.5) is 0 Å². The molecule has 1 fully saturated rings. The Morgan fingerprint density at radius 1 is 1.20 bits per heavy atom. The first kappa shape index (κ1) is 12.5. The predicted octanol–water partition coefficient (Wildman–Crippen LogP) is 1.09. The minimum absolute atomic E-state index is 0.238. The topological polar surface area (TPSA) is 60.8 Å². The highest BCUT2D eigenvalue weighted by molar-refractivity contribution is 5.76. The molecule has 0 radical (unpaired) electrons. The molecule has 2 N–H and O–H groups in total. The Balaban J connectivity index is 2.44. The zero-order valence-corrected chi connectivity index (χ0v) is 9.41. The molecule has 0 aromatic rings. The minimum atomic E-state index is -1.61. The fourth-order valence-corrected chi connectivity index (χ4v) is 1.97. The van der Waals surface area contributed by atoms with Crippen molar-refractivity contribution >= 4 is 5.97 Å². The van der Waals surface area contributed by atoms with E-state index in [1.54, 1.807) is 0 Å². The first-order chi connectivity index (χ1) is 7.02. The van der Waals surface area contributed by atoms with Crippen LogP contribution in [0.1, 0.15) is 39.0 Å². The van der Waals surface area contributed by atoms with Gasteiger partial charge in [0.2, 0.25) is 0 Å². The number of aliphatic carboxylic acids is 1. The molecule has 0 aliphatic carbocycles. The number of rotatable bonds is 3. The maximum Gasteiger partial charge on any atom is 0.336 e. The molecule has 4 nitrogen and oxygen atoms in total. The lowest BCUT2D eigenvalue weighted by atomic mass is 10.0. The lowest BCUT2D eigenvalue weighted by Crippen LogP contribution is -2.47. The van der Waals surface area contributed by atoms with Crippen LogP contribution in [0.2, 0.25) is 0 Å². The summed E-state index contributed by atoms with van der Waals surface area (Å²) in [5.74, 6) is -1.13. The van der Waals surface area contributed by atoms with Crippen LogP contribution in [-0.2, 0) is 4.79 Å². The Morgan fingerprint density at radius 3 is 2.13 bits per heavy atom. The van der Waals surface area contributed by atoms with E-state index in [1.807, 2.05) is 0 Å². The molecule has 0 aromatic carbocycles. The van der Waals surface area contributed by atoms with E-state index in [-0.39, 0.29) is 6.54 Å². The SMILES string of the molecule is CC(O)(CN1CCCCCCC1)C(=O)O. The first-order valence-corrected chi connectivity index (χ1v) is 5.70. The Bertz CT molecular complexity index is 208. The smallest absolute Gasteiger partial charge is 0.336 e. The van der Waals surface area contributed by atoms with Gasteiger partial charge in [-0.25, -0.2) is 4.79 Å². The van der Waals surface area contributed by atoms with Crippen molar-refractivity contribution in [3.63, 3.8) is 0 Å². The maximum absolute atomic E-state index is 10.8. The zero-order chi connectivity index (χ0) is 11.3. The average molecular weight is 215 g/mol. The average Bonchev–Trinajstić information content (AvgIpc) is 2.09. The van der Waals surface area contributed by atoms with Gasteiger partial charge in [0.05, 0.1) is 0 Å². The summed E-state index contributed by atoms with van der Waals surface area (Å²) in [6.45, 7) is 3.42. The summed E-state index contributed by atoms with van der Waals surface area (Å²) in [7, 11) is 0. The van der Waals surface area contributed by atoms with Gasteiger partial charge in [0.25, 0.3) is 0 Å². The molecule has 0 bridgehead atoms. The summed E-state index contributed by atoms with van der Waals surface area (Å²) in [6, 6.07) is 0. The van der Waals surface area contributed by atoms with E-state index < -0.39 is 11.6 Å². The minimum Gasteiger partial charge on any atom is -0.479 e. The maximum atomic E-state index is 10.8. The van der Waals surface area contributed by atoms with Crippen LogP contribution in [0.15, 0.2) is 0 Å². The summed E-state index contributed by atoms with van der Waals surface area (Å²) in [5, 5.41) is 18.5. The number of hydrogen-bond acceptors (Lipinski definition) is 3. The van der Waals surface area contributed by atoms with Crippen molar-refractivity contribution in [2.75, 3.05) is 19.6 Å². The van der Waals surface area contributed by atoms with Gasteiger partial charge in [-0.15, -0.1) is 0 Å². The van der Waals surface area contributed by atoms with Crippen LogP contribution in [0, 0.1) is 0 Å². The molecule has 0 amide bonds. The van der Waals surface area contributed by atoms with Crippen LogP contribution < -0.4 is 0 Å². The Kier molecular flexibility index (Phi) is 4.54. The normalized spacial score (nSPS) is 23.9. The molecule has 1 rings (SSSR count). The molecule has 0 saturated carbocycles. The quantitative estimate of drug-likeness (QED) is 0.739. The van der Waals surface area contributed by atoms with Crippen molar-refractivity contribution in [2.24, 2.45) is 0 Å². The molecular weight excluding hydrogens is 194 g/mol. The lowest BCUT2D eigenvalue weighted by Gasteiger charge is -2.29. The largest absolute Gasteiger partial charge is 0.479 e. The van der Waals surface area contributed by atoms with E-state index in [0.29, 0.717) is 0 Å². The highest BCUT2D eigenvalue weighted by atomic mass is 16.4. The summed E-state index contributed by atoms with van der Waals surface area (Å²) in [4.78, 5) is 12.8. The highest BCUT2D eigenvalue weighted by Crippen LogP contribution is 2.13. The number of β-amino-alcohol motifs (C(OH)–C–C–N with tert-alkyl or cyclic N) is 1. The van der Waals surface area contributed by atoms with Gasteiger partial charge in [-0.3, -0.25) is 4.90 Å². The predicted molar refractivity (Wildman–Crippen MR) is 57.8 cm³/mol. The number of nitrogens with zero attached hydrogens (tertiary/aromatic N) is 1.